The van der Waals surface area contributed by atoms with Crippen LogP contribution in [-0.2, 0) is 11.2 Å². The summed E-state index contributed by atoms with van der Waals surface area (Å²) in [6.45, 7) is 4.10. The van der Waals surface area contributed by atoms with Crippen molar-refractivity contribution in [3.8, 4) is 0 Å². The van der Waals surface area contributed by atoms with Gasteiger partial charge < -0.3 is 10.4 Å². The molecule has 0 radical (unpaired) electrons. The van der Waals surface area contributed by atoms with Crippen molar-refractivity contribution >= 4 is 23.2 Å². The van der Waals surface area contributed by atoms with Crippen LogP contribution in [0.1, 0.15) is 46.3 Å². The minimum atomic E-state index is -0.753. The highest BCUT2D eigenvalue weighted by atomic mass is 32.1. The lowest BCUT2D eigenvalue weighted by molar-refractivity contribution is -0.141. The lowest BCUT2D eigenvalue weighted by atomic mass is 10.1. The summed E-state index contributed by atoms with van der Waals surface area (Å²) >= 11 is 1.51. The number of amides is 1. The highest BCUT2D eigenvalue weighted by molar-refractivity contribution is 7.14. The van der Waals surface area contributed by atoms with Crippen LogP contribution in [0.3, 0.4) is 0 Å². The van der Waals surface area contributed by atoms with Crippen LogP contribution in [0.15, 0.2) is 6.07 Å². The van der Waals surface area contributed by atoms with Gasteiger partial charge in [-0.2, -0.15) is 0 Å². The molecule has 2 atom stereocenters. The first-order chi connectivity index (χ1) is 9.01. The van der Waals surface area contributed by atoms with Gasteiger partial charge in [-0.25, -0.2) is 0 Å². The van der Waals surface area contributed by atoms with Crippen molar-refractivity contribution in [2.45, 2.75) is 45.6 Å². The van der Waals surface area contributed by atoms with E-state index < -0.39 is 5.97 Å². The third kappa shape index (κ3) is 3.15. The maximum atomic E-state index is 12.1. The fourth-order valence-corrected chi connectivity index (χ4v) is 3.59. The number of carboxylic acids is 1. The van der Waals surface area contributed by atoms with Crippen LogP contribution in [0.5, 0.6) is 0 Å². The van der Waals surface area contributed by atoms with E-state index in [2.05, 4.69) is 12.2 Å². The molecule has 1 amide bonds. The molecule has 1 aliphatic carbocycles. The Balaban J connectivity index is 1.96. The van der Waals surface area contributed by atoms with Crippen LogP contribution in [0.25, 0.3) is 0 Å². The Kier molecular flexibility index (Phi) is 4.24. The molecule has 0 bridgehead atoms. The van der Waals surface area contributed by atoms with Gasteiger partial charge >= 0.3 is 5.97 Å². The highest BCUT2D eigenvalue weighted by Crippen LogP contribution is 2.27. The predicted octanol–water partition coefficient (Wildman–Crippen LogP) is 2.60. The SMILES string of the molecule is CCc1cc(C(=O)N[C@H]2CC[C@@H](C(=O)O)C2)sc1C. The van der Waals surface area contributed by atoms with Crippen LogP contribution in [0.2, 0.25) is 0 Å². The zero-order valence-electron chi connectivity index (χ0n) is 11.2. The van der Waals surface area contributed by atoms with E-state index in [1.807, 2.05) is 13.0 Å². The first kappa shape index (κ1) is 14.1. The van der Waals surface area contributed by atoms with E-state index in [1.165, 1.54) is 21.8 Å². The van der Waals surface area contributed by atoms with Gasteiger partial charge in [-0.05, 0) is 44.2 Å². The number of carboxylic acid groups (broad SMARTS) is 1. The van der Waals surface area contributed by atoms with Gasteiger partial charge in [0.2, 0.25) is 0 Å². The van der Waals surface area contributed by atoms with Crippen molar-refractivity contribution in [2.24, 2.45) is 5.92 Å². The number of carbonyl (C=O) groups is 2. The first-order valence-corrected chi connectivity index (χ1v) is 7.45. The minimum Gasteiger partial charge on any atom is -0.481 e. The summed E-state index contributed by atoms with van der Waals surface area (Å²) in [5, 5.41) is 11.9. The molecule has 1 saturated carbocycles. The second kappa shape index (κ2) is 5.74. The van der Waals surface area contributed by atoms with E-state index in [1.54, 1.807) is 0 Å². The Morgan fingerprint density at radius 1 is 1.47 bits per heavy atom. The smallest absolute Gasteiger partial charge is 0.306 e. The van der Waals surface area contributed by atoms with Gasteiger partial charge in [-0.3, -0.25) is 9.59 Å². The van der Waals surface area contributed by atoms with Gasteiger partial charge in [0.1, 0.15) is 0 Å². The lowest BCUT2D eigenvalue weighted by Gasteiger charge is -2.11. The molecule has 0 aliphatic heterocycles. The fraction of sp³-hybridized carbons (Fsp3) is 0.571. The predicted molar refractivity (Wildman–Crippen MR) is 74.7 cm³/mol. The van der Waals surface area contributed by atoms with E-state index in [0.717, 1.165) is 17.7 Å². The maximum Gasteiger partial charge on any atom is 0.306 e. The Labute approximate surface area is 116 Å². The topological polar surface area (TPSA) is 66.4 Å². The van der Waals surface area contributed by atoms with Gasteiger partial charge in [-0.1, -0.05) is 6.92 Å². The van der Waals surface area contributed by atoms with Crippen molar-refractivity contribution in [1.29, 1.82) is 0 Å². The number of thiophene rings is 1. The van der Waals surface area contributed by atoms with E-state index in [0.29, 0.717) is 12.8 Å². The monoisotopic (exact) mass is 281 g/mol. The molecule has 2 N–H and O–H groups in total. The van der Waals surface area contributed by atoms with E-state index in [4.69, 9.17) is 5.11 Å². The molecule has 0 aromatic carbocycles. The molecule has 4 nitrogen and oxygen atoms in total. The molecule has 1 aromatic rings. The van der Waals surface area contributed by atoms with Crippen LogP contribution in [-0.4, -0.2) is 23.0 Å². The number of aliphatic carboxylic acids is 1. The summed E-state index contributed by atoms with van der Waals surface area (Å²) in [5.74, 6) is -1.12. The molecule has 0 spiro atoms. The van der Waals surface area contributed by atoms with Crippen LogP contribution < -0.4 is 5.32 Å². The number of hydrogen-bond donors (Lipinski definition) is 2. The van der Waals surface area contributed by atoms with Crippen LogP contribution in [0, 0.1) is 12.8 Å². The van der Waals surface area contributed by atoms with E-state index in [9.17, 15) is 9.59 Å². The number of carbonyl (C=O) groups excluding carboxylic acids is 1. The molecular formula is C14H19NO3S. The zero-order valence-corrected chi connectivity index (χ0v) is 12.0. The van der Waals surface area contributed by atoms with Crippen LogP contribution >= 0.6 is 11.3 Å². The van der Waals surface area contributed by atoms with Crippen molar-refractivity contribution < 1.29 is 14.7 Å². The molecule has 19 heavy (non-hydrogen) atoms. The fourth-order valence-electron chi connectivity index (χ4n) is 2.58. The van der Waals surface area contributed by atoms with E-state index >= 15 is 0 Å². The van der Waals surface area contributed by atoms with Gasteiger partial charge in [0.25, 0.3) is 5.91 Å². The van der Waals surface area contributed by atoms with Gasteiger partial charge in [0.05, 0.1) is 10.8 Å². The second-order valence-corrected chi connectivity index (χ2v) is 6.32. The number of aryl methyl sites for hydroxylation is 2. The second-order valence-electron chi connectivity index (χ2n) is 5.06. The number of hydrogen-bond acceptors (Lipinski definition) is 3. The largest absolute Gasteiger partial charge is 0.481 e. The Morgan fingerprint density at radius 2 is 2.21 bits per heavy atom. The maximum absolute atomic E-state index is 12.1. The first-order valence-electron chi connectivity index (χ1n) is 6.64. The van der Waals surface area contributed by atoms with Crippen molar-refractivity contribution in [3.63, 3.8) is 0 Å². The summed E-state index contributed by atoms with van der Waals surface area (Å²) in [6.07, 6.45) is 2.89. The number of nitrogens with one attached hydrogen (secondary N) is 1. The summed E-state index contributed by atoms with van der Waals surface area (Å²) < 4.78 is 0. The highest BCUT2D eigenvalue weighted by Gasteiger charge is 2.30. The lowest BCUT2D eigenvalue weighted by Crippen LogP contribution is -2.32. The Morgan fingerprint density at radius 3 is 2.74 bits per heavy atom. The normalized spacial score (nSPS) is 22.4. The van der Waals surface area contributed by atoms with Crippen LogP contribution in [0.4, 0.5) is 0 Å². The molecule has 2 rings (SSSR count). The summed E-state index contributed by atoms with van der Waals surface area (Å²) in [7, 11) is 0. The average Bonchev–Trinajstić information content (AvgIpc) is 2.95. The summed E-state index contributed by atoms with van der Waals surface area (Å²) in [5.41, 5.74) is 1.21. The van der Waals surface area contributed by atoms with Crippen molar-refractivity contribution in [2.75, 3.05) is 0 Å². The quantitative estimate of drug-likeness (QED) is 0.891. The van der Waals surface area contributed by atoms with Crippen molar-refractivity contribution in [1.82, 2.24) is 5.32 Å². The molecule has 1 aliphatic rings. The molecular weight excluding hydrogens is 262 g/mol. The molecule has 1 heterocycles. The van der Waals surface area contributed by atoms with Crippen molar-refractivity contribution in [3.05, 3.63) is 21.4 Å². The summed E-state index contributed by atoms with van der Waals surface area (Å²) in [6, 6.07) is 1.94. The molecule has 1 fully saturated rings. The Bertz CT molecular complexity index is 495. The third-order valence-corrected chi connectivity index (χ3v) is 4.83. The molecule has 0 saturated heterocycles. The molecule has 1 aromatic heterocycles. The van der Waals surface area contributed by atoms with Gasteiger partial charge in [0.15, 0.2) is 0 Å². The van der Waals surface area contributed by atoms with Gasteiger partial charge in [0, 0.05) is 10.9 Å². The third-order valence-electron chi connectivity index (χ3n) is 3.74. The standard InChI is InChI=1S/C14H19NO3S/c1-3-9-7-12(19-8(9)2)13(16)15-11-5-4-10(6-11)14(17)18/h7,10-11H,3-6H2,1-2H3,(H,15,16)(H,17,18)/t10-,11+/m1/s1. The minimum absolute atomic E-state index is 0.00100. The average molecular weight is 281 g/mol. The zero-order chi connectivity index (χ0) is 14.0. The Hall–Kier alpha value is -1.36. The van der Waals surface area contributed by atoms with E-state index in [-0.39, 0.29) is 17.9 Å². The summed E-state index contributed by atoms with van der Waals surface area (Å²) in [4.78, 5) is 24.9. The molecule has 104 valence electrons. The molecule has 0 unspecified atom stereocenters. The number of rotatable bonds is 4. The molecule has 5 heteroatoms. The van der Waals surface area contributed by atoms with Gasteiger partial charge in [-0.15, -0.1) is 11.3 Å².